The first-order valence-electron chi connectivity index (χ1n) is 10.5. The van der Waals surface area contributed by atoms with Crippen LogP contribution in [0.15, 0.2) is 47.6 Å². The van der Waals surface area contributed by atoms with Crippen molar-refractivity contribution >= 4 is 29.9 Å². The number of pyridine rings is 1. The van der Waals surface area contributed by atoms with E-state index >= 15 is 0 Å². The van der Waals surface area contributed by atoms with E-state index in [4.69, 9.17) is 9.47 Å². The molecular formula is C23H32FIN4O2. The van der Waals surface area contributed by atoms with Crippen molar-refractivity contribution in [3.8, 4) is 11.6 Å². The van der Waals surface area contributed by atoms with Gasteiger partial charge in [-0.2, -0.15) is 0 Å². The van der Waals surface area contributed by atoms with E-state index in [9.17, 15) is 4.39 Å². The fourth-order valence-corrected chi connectivity index (χ4v) is 3.48. The summed E-state index contributed by atoms with van der Waals surface area (Å²) < 4.78 is 23.9. The van der Waals surface area contributed by atoms with Gasteiger partial charge in [0.15, 0.2) is 5.96 Å². The highest BCUT2D eigenvalue weighted by Gasteiger charge is 2.36. The zero-order chi connectivity index (χ0) is 21.2. The Morgan fingerprint density at radius 3 is 2.52 bits per heavy atom. The quantitative estimate of drug-likeness (QED) is 0.254. The van der Waals surface area contributed by atoms with Gasteiger partial charge >= 0.3 is 0 Å². The number of rotatable bonds is 10. The lowest BCUT2D eigenvalue weighted by molar-refractivity contribution is 0.0732. The summed E-state index contributed by atoms with van der Waals surface area (Å²) in [6, 6.07) is 9.59. The molecule has 1 aliphatic rings. The second-order valence-corrected chi connectivity index (χ2v) is 7.71. The SMILES string of the molecule is CCNC(=NCc1ccc(Oc2ccc(F)cc2)nc1)NCC1(CCOC)CCC1.I. The first-order valence-corrected chi connectivity index (χ1v) is 10.5. The van der Waals surface area contributed by atoms with E-state index in [-0.39, 0.29) is 29.8 Å². The molecule has 1 heterocycles. The van der Waals surface area contributed by atoms with Crippen LogP contribution in [-0.2, 0) is 11.3 Å². The van der Waals surface area contributed by atoms with Gasteiger partial charge in [0.25, 0.3) is 0 Å². The maximum Gasteiger partial charge on any atom is 0.219 e. The molecule has 2 aromatic rings. The van der Waals surface area contributed by atoms with Crippen molar-refractivity contribution in [1.29, 1.82) is 0 Å². The summed E-state index contributed by atoms with van der Waals surface area (Å²) in [7, 11) is 1.76. The Balaban J connectivity index is 0.00000341. The average Bonchev–Trinajstić information content (AvgIpc) is 2.73. The number of nitrogens with zero attached hydrogens (tertiary/aromatic N) is 2. The van der Waals surface area contributed by atoms with Crippen molar-refractivity contribution in [2.24, 2.45) is 10.4 Å². The molecule has 31 heavy (non-hydrogen) atoms. The number of halogens is 2. The molecule has 2 N–H and O–H groups in total. The van der Waals surface area contributed by atoms with E-state index < -0.39 is 0 Å². The van der Waals surface area contributed by atoms with Crippen molar-refractivity contribution in [3.63, 3.8) is 0 Å². The lowest BCUT2D eigenvalue weighted by Gasteiger charge is -2.42. The van der Waals surface area contributed by atoms with Crippen LogP contribution < -0.4 is 15.4 Å². The summed E-state index contributed by atoms with van der Waals surface area (Å²) in [6.45, 7) is 5.09. The Morgan fingerprint density at radius 1 is 1.16 bits per heavy atom. The standard InChI is InChI=1S/C23H31FN4O2.HI/c1-3-25-22(28-17-23(11-4-12-23)13-14-29-2)27-16-18-5-10-21(26-15-18)30-20-8-6-19(24)7-9-20;/h5-10,15H,3-4,11-14,16-17H2,1-2H3,(H2,25,27,28);1H. The summed E-state index contributed by atoms with van der Waals surface area (Å²) in [5.41, 5.74) is 1.31. The molecule has 8 heteroatoms. The van der Waals surface area contributed by atoms with Crippen molar-refractivity contribution in [2.75, 3.05) is 26.8 Å². The molecule has 0 saturated heterocycles. The minimum absolute atomic E-state index is 0. The van der Waals surface area contributed by atoms with Crippen LogP contribution in [0.2, 0.25) is 0 Å². The molecule has 170 valence electrons. The fourth-order valence-electron chi connectivity index (χ4n) is 3.48. The van der Waals surface area contributed by atoms with Gasteiger partial charge in [0.1, 0.15) is 11.6 Å². The van der Waals surface area contributed by atoms with Crippen LogP contribution in [0.25, 0.3) is 0 Å². The Hall–Kier alpha value is -1.94. The van der Waals surface area contributed by atoms with Crippen molar-refractivity contribution in [1.82, 2.24) is 15.6 Å². The van der Waals surface area contributed by atoms with Gasteiger partial charge in [0, 0.05) is 39.1 Å². The summed E-state index contributed by atoms with van der Waals surface area (Å²) in [5.74, 6) is 1.53. The van der Waals surface area contributed by atoms with Crippen LogP contribution >= 0.6 is 24.0 Å². The van der Waals surface area contributed by atoms with Crippen LogP contribution in [-0.4, -0.2) is 37.7 Å². The lowest BCUT2D eigenvalue weighted by Crippen LogP contribution is -2.46. The molecule has 0 spiro atoms. The Kier molecular flexibility index (Phi) is 10.5. The molecule has 0 amide bonds. The van der Waals surface area contributed by atoms with E-state index in [2.05, 4.69) is 27.5 Å². The minimum Gasteiger partial charge on any atom is -0.439 e. The van der Waals surface area contributed by atoms with Gasteiger partial charge in [0.2, 0.25) is 5.88 Å². The summed E-state index contributed by atoms with van der Waals surface area (Å²) in [4.78, 5) is 9.01. The summed E-state index contributed by atoms with van der Waals surface area (Å²) in [6.07, 6.45) is 6.59. The van der Waals surface area contributed by atoms with Crippen LogP contribution in [0.1, 0.15) is 38.2 Å². The van der Waals surface area contributed by atoms with Crippen molar-refractivity contribution < 1.29 is 13.9 Å². The third-order valence-electron chi connectivity index (χ3n) is 5.48. The first-order chi connectivity index (χ1) is 14.6. The van der Waals surface area contributed by atoms with Gasteiger partial charge < -0.3 is 20.1 Å². The predicted molar refractivity (Wildman–Crippen MR) is 132 cm³/mol. The molecule has 3 rings (SSSR count). The number of hydrogen-bond donors (Lipinski definition) is 2. The predicted octanol–water partition coefficient (Wildman–Crippen LogP) is 4.89. The average molecular weight is 542 g/mol. The number of hydrogen-bond acceptors (Lipinski definition) is 4. The molecule has 0 atom stereocenters. The van der Waals surface area contributed by atoms with E-state index in [1.807, 2.05) is 6.07 Å². The molecule has 0 aliphatic heterocycles. The van der Waals surface area contributed by atoms with Crippen LogP contribution in [0, 0.1) is 11.2 Å². The van der Waals surface area contributed by atoms with Gasteiger partial charge in [-0.1, -0.05) is 12.5 Å². The Labute approximate surface area is 201 Å². The van der Waals surface area contributed by atoms with Gasteiger partial charge in [-0.15, -0.1) is 24.0 Å². The zero-order valence-corrected chi connectivity index (χ0v) is 20.5. The Bertz CT molecular complexity index is 811. The molecular weight excluding hydrogens is 510 g/mol. The number of benzene rings is 1. The van der Waals surface area contributed by atoms with Crippen molar-refractivity contribution in [2.45, 2.75) is 39.2 Å². The van der Waals surface area contributed by atoms with Crippen LogP contribution in [0.3, 0.4) is 0 Å². The molecule has 0 bridgehead atoms. The number of methoxy groups -OCH3 is 1. The van der Waals surface area contributed by atoms with Crippen molar-refractivity contribution in [3.05, 3.63) is 54.0 Å². The molecule has 1 aliphatic carbocycles. The number of guanidine groups is 1. The number of ether oxygens (including phenoxy) is 2. The third-order valence-corrected chi connectivity index (χ3v) is 5.48. The number of aliphatic imine (C=N–C) groups is 1. The topological polar surface area (TPSA) is 67.8 Å². The maximum absolute atomic E-state index is 13.0. The smallest absolute Gasteiger partial charge is 0.219 e. The Morgan fingerprint density at radius 2 is 1.94 bits per heavy atom. The molecule has 6 nitrogen and oxygen atoms in total. The molecule has 1 aromatic heterocycles. The molecule has 1 fully saturated rings. The van der Waals surface area contributed by atoms with Gasteiger partial charge in [-0.05, 0) is 61.4 Å². The van der Waals surface area contributed by atoms with E-state index in [0.29, 0.717) is 23.6 Å². The maximum atomic E-state index is 13.0. The summed E-state index contributed by atoms with van der Waals surface area (Å²) >= 11 is 0. The lowest BCUT2D eigenvalue weighted by atomic mass is 9.67. The van der Waals surface area contributed by atoms with Crippen LogP contribution in [0.5, 0.6) is 11.6 Å². The van der Waals surface area contributed by atoms with Gasteiger partial charge in [-0.3, -0.25) is 0 Å². The van der Waals surface area contributed by atoms with Gasteiger partial charge in [-0.25, -0.2) is 14.4 Å². The van der Waals surface area contributed by atoms with E-state index in [0.717, 1.165) is 37.6 Å². The van der Waals surface area contributed by atoms with Gasteiger partial charge in [0.05, 0.1) is 6.54 Å². The minimum atomic E-state index is -0.296. The van der Waals surface area contributed by atoms with E-state index in [1.54, 1.807) is 31.5 Å². The number of aromatic nitrogens is 1. The molecule has 1 saturated carbocycles. The molecule has 1 aromatic carbocycles. The van der Waals surface area contributed by atoms with Crippen LogP contribution in [0.4, 0.5) is 4.39 Å². The third kappa shape index (κ3) is 7.92. The highest BCUT2D eigenvalue weighted by molar-refractivity contribution is 14.0. The summed E-state index contributed by atoms with van der Waals surface area (Å²) in [5, 5.41) is 6.81. The monoisotopic (exact) mass is 542 g/mol. The van der Waals surface area contributed by atoms with E-state index in [1.165, 1.54) is 31.4 Å². The highest BCUT2D eigenvalue weighted by atomic mass is 127. The molecule has 0 radical (unpaired) electrons. The number of nitrogens with one attached hydrogen (secondary N) is 2. The zero-order valence-electron chi connectivity index (χ0n) is 18.2. The molecule has 0 unspecified atom stereocenters. The normalized spacial score (nSPS) is 14.9. The highest BCUT2D eigenvalue weighted by Crippen LogP contribution is 2.43. The first kappa shape index (κ1) is 25.3. The second-order valence-electron chi connectivity index (χ2n) is 7.71. The second kappa shape index (κ2) is 12.8. The largest absolute Gasteiger partial charge is 0.439 e. The fraction of sp³-hybridized carbons (Fsp3) is 0.478.